The van der Waals surface area contributed by atoms with Gasteiger partial charge in [-0.15, -0.1) is 0 Å². The summed E-state index contributed by atoms with van der Waals surface area (Å²) in [4.78, 5) is 32.0. The average molecular weight is 599 g/mol. The first-order chi connectivity index (χ1) is 19.2. The van der Waals surface area contributed by atoms with E-state index in [9.17, 15) is 9.59 Å². The van der Waals surface area contributed by atoms with Gasteiger partial charge in [0.15, 0.2) is 16.3 Å². The Kier molecular flexibility index (Phi) is 7.89. The van der Waals surface area contributed by atoms with Gasteiger partial charge in [-0.3, -0.25) is 9.36 Å². The van der Waals surface area contributed by atoms with E-state index in [1.54, 1.807) is 76.6 Å². The van der Waals surface area contributed by atoms with Crippen LogP contribution in [-0.4, -0.2) is 31.4 Å². The molecule has 0 fully saturated rings. The minimum Gasteiger partial charge on any atom is -0.493 e. The highest BCUT2D eigenvalue weighted by Crippen LogP contribution is 2.36. The van der Waals surface area contributed by atoms with Crippen LogP contribution < -0.4 is 24.4 Å². The summed E-state index contributed by atoms with van der Waals surface area (Å²) in [7, 11) is 3.10. The first kappa shape index (κ1) is 27.8. The van der Waals surface area contributed by atoms with Crippen molar-refractivity contribution < 1.29 is 23.4 Å². The molecule has 1 atom stereocenters. The van der Waals surface area contributed by atoms with Crippen LogP contribution >= 0.6 is 34.5 Å². The Balaban J connectivity index is 1.67. The molecule has 5 rings (SSSR count). The largest absolute Gasteiger partial charge is 0.493 e. The highest BCUT2D eigenvalue weighted by atomic mass is 35.5. The van der Waals surface area contributed by atoms with E-state index in [2.05, 4.69) is 4.99 Å². The van der Waals surface area contributed by atoms with Gasteiger partial charge in [0, 0.05) is 5.56 Å². The maximum atomic E-state index is 13.8. The monoisotopic (exact) mass is 598 g/mol. The molecule has 3 heterocycles. The van der Waals surface area contributed by atoms with Crippen molar-refractivity contribution in [1.29, 1.82) is 0 Å². The molecule has 206 valence electrons. The molecular weight excluding hydrogens is 575 g/mol. The number of esters is 1. The van der Waals surface area contributed by atoms with E-state index in [4.69, 9.17) is 41.8 Å². The molecular formula is C29H24Cl2N2O6S. The lowest BCUT2D eigenvalue weighted by Gasteiger charge is -2.22. The highest BCUT2D eigenvalue weighted by molar-refractivity contribution is 7.07. The normalized spacial score (nSPS) is 15.1. The van der Waals surface area contributed by atoms with E-state index < -0.39 is 12.0 Å². The van der Waals surface area contributed by atoms with Gasteiger partial charge in [-0.25, -0.2) is 9.79 Å². The second-order valence-electron chi connectivity index (χ2n) is 8.75. The number of carbonyl (C=O) groups is 1. The lowest BCUT2D eigenvalue weighted by molar-refractivity contribution is -0.139. The second kappa shape index (κ2) is 11.4. The standard InChI is InChI=1S/C29H24Cl2N2O6S/c1-5-38-28(35)25-15(2)32-29-33(26(25)22-11-10-20(39-22)17-7-8-18(30)19(31)14-17)27(34)24(40-29)13-16-6-9-21(36-3)23(12-16)37-4/h6-14,26H,5H2,1-4H3/b24-13-/t26-/m0/s1. The van der Waals surface area contributed by atoms with Crippen molar-refractivity contribution in [3.8, 4) is 22.8 Å². The van der Waals surface area contributed by atoms with Gasteiger partial charge < -0.3 is 18.6 Å². The molecule has 8 nitrogen and oxygen atoms in total. The van der Waals surface area contributed by atoms with Crippen LogP contribution in [0.1, 0.15) is 31.2 Å². The summed E-state index contributed by atoms with van der Waals surface area (Å²) in [6, 6.07) is 13.1. The van der Waals surface area contributed by atoms with Crippen molar-refractivity contribution in [3.63, 3.8) is 0 Å². The number of ether oxygens (including phenoxy) is 3. The molecule has 1 aliphatic heterocycles. The summed E-state index contributed by atoms with van der Waals surface area (Å²) in [5.41, 5.74) is 1.77. The van der Waals surface area contributed by atoms with Crippen LogP contribution in [-0.2, 0) is 9.53 Å². The highest BCUT2D eigenvalue weighted by Gasteiger charge is 2.35. The minimum atomic E-state index is -0.889. The number of fused-ring (bicyclic) bond motifs is 1. The zero-order chi connectivity index (χ0) is 28.6. The molecule has 0 aliphatic carbocycles. The van der Waals surface area contributed by atoms with Crippen molar-refractivity contribution in [2.24, 2.45) is 4.99 Å². The number of benzene rings is 2. The third-order valence-electron chi connectivity index (χ3n) is 6.32. The van der Waals surface area contributed by atoms with Crippen LogP contribution in [0.5, 0.6) is 11.5 Å². The van der Waals surface area contributed by atoms with Gasteiger partial charge in [0.05, 0.1) is 46.7 Å². The fraction of sp³-hybridized carbons (Fsp3) is 0.207. The van der Waals surface area contributed by atoms with Crippen molar-refractivity contribution >= 4 is 46.6 Å². The molecule has 4 aromatic rings. The molecule has 0 radical (unpaired) electrons. The number of carbonyl (C=O) groups excluding carboxylic acids is 1. The van der Waals surface area contributed by atoms with Crippen LogP contribution in [0.15, 0.2) is 74.0 Å². The van der Waals surface area contributed by atoms with Crippen molar-refractivity contribution in [2.75, 3.05) is 20.8 Å². The van der Waals surface area contributed by atoms with Gasteiger partial charge in [0.2, 0.25) is 0 Å². The number of hydrogen-bond donors (Lipinski definition) is 0. The molecule has 2 aromatic carbocycles. The fourth-order valence-corrected chi connectivity index (χ4v) is 5.80. The third kappa shape index (κ3) is 5.08. The number of hydrogen-bond acceptors (Lipinski definition) is 8. The maximum absolute atomic E-state index is 13.8. The van der Waals surface area contributed by atoms with Crippen molar-refractivity contribution in [2.45, 2.75) is 19.9 Å². The number of furan rings is 1. The lowest BCUT2D eigenvalue weighted by Crippen LogP contribution is -2.39. The SMILES string of the molecule is CCOC(=O)C1=C(C)N=c2s/c(=C\c3ccc(OC)c(OC)c3)c(=O)n2[C@H]1c1ccc(-c2ccc(Cl)c(Cl)c2)o1. The van der Waals surface area contributed by atoms with Crippen molar-refractivity contribution in [3.05, 3.63) is 101 Å². The summed E-state index contributed by atoms with van der Waals surface area (Å²) in [5, 5.41) is 0.796. The maximum Gasteiger partial charge on any atom is 0.338 e. The van der Waals surface area contributed by atoms with Gasteiger partial charge in [0.25, 0.3) is 5.56 Å². The van der Waals surface area contributed by atoms with E-state index >= 15 is 0 Å². The Morgan fingerprint density at radius 2 is 1.85 bits per heavy atom. The molecule has 1 aliphatic rings. The van der Waals surface area contributed by atoms with E-state index in [1.807, 2.05) is 6.07 Å². The Bertz CT molecular complexity index is 1840. The second-order valence-corrected chi connectivity index (χ2v) is 10.6. The average Bonchev–Trinajstić information content (AvgIpc) is 3.54. The summed E-state index contributed by atoms with van der Waals surface area (Å²) in [6.45, 7) is 3.60. The smallest absolute Gasteiger partial charge is 0.338 e. The van der Waals surface area contributed by atoms with Crippen LogP contribution in [0, 0.1) is 0 Å². The molecule has 0 unspecified atom stereocenters. The van der Waals surface area contributed by atoms with E-state index in [0.717, 1.165) is 5.56 Å². The Hall–Kier alpha value is -3.79. The van der Waals surface area contributed by atoms with Crippen LogP contribution in [0.2, 0.25) is 10.0 Å². The fourth-order valence-electron chi connectivity index (χ4n) is 4.46. The Labute approximate surface area is 243 Å². The molecule has 2 aromatic heterocycles. The van der Waals surface area contributed by atoms with Crippen LogP contribution in [0.4, 0.5) is 0 Å². The summed E-state index contributed by atoms with van der Waals surface area (Å²) in [5.74, 6) is 1.41. The number of thiazole rings is 1. The van der Waals surface area contributed by atoms with E-state index in [-0.39, 0.29) is 17.7 Å². The van der Waals surface area contributed by atoms with Gasteiger partial charge in [-0.2, -0.15) is 0 Å². The zero-order valence-corrected chi connectivity index (χ0v) is 24.3. The van der Waals surface area contributed by atoms with Gasteiger partial charge >= 0.3 is 5.97 Å². The summed E-state index contributed by atoms with van der Waals surface area (Å²) < 4.78 is 24.2. The number of allylic oxidation sites excluding steroid dienone is 1. The molecule has 0 spiro atoms. The predicted molar refractivity (Wildman–Crippen MR) is 154 cm³/mol. The van der Waals surface area contributed by atoms with Gasteiger partial charge in [-0.1, -0.05) is 40.6 Å². The topological polar surface area (TPSA) is 92.3 Å². The van der Waals surface area contributed by atoms with E-state index in [1.165, 1.54) is 15.9 Å². The predicted octanol–water partition coefficient (Wildman–Crippen LogP) is 5.38. The molecule has 40 heavy (non-hydrogen) atoms. The first-order valence-corrected chi connectivity index (χ1v) is 13.8. The molecule has 0 N–H and O–H groups in total. The number of aromatic nitrogens is 1. The summed E-state index contributed by atoms with van der Waals surface area (Å²) in [6.07, 6.45) is 1.75. The quantitative estimate of drug-likeness (QED) is 0.265. The van der Waals surface area contributed by atoms with E-state index in [0.29, 0.717) is 53.7 Å². The number of nitrogens with zero attached hydrogens (tertiary/aromatic N) is 2. The number of halogens is 2. The van der Waals surface area contributed by atoms with Crippen LogP contribution in [0.3, 0.4) is 0 Å². The van der Waals surface area contributed by atoms with Crippen LogP contribution in [0.25, 0.3) is 17.4 Å². The zero-order valence-electron chi connectivity index (χ0n) is 22.0. The van der Waals surface area contributed by atoms with Gasteiger partial charge in [0.1, 0.15) is 17.6 Å². The van der Waals surface area contributed by atoms with Crippen molar-refractivity contribution in [1.82, 2.24) is 4.57 Å². The molecule has 0 amide bonds. The third-order valence-corrected chi connectivity index (χ3v) is 8.04. The molecule has 11 heteroatoms. The Morgan fingerprint density at radius 1 is 1.07 bits per heavy atom. The lowest BCUT2D eigenvalue weighted by atomic mass is 10.0. The van der Waals surface area contributed by atoms with Gasteiger partial charge in [-0.05, 0) is 68.0 Å². The minimum absolute atomic E-state index is 0.165. The number of rotatable bonds is 7. The first-order valence-electron chi connectivity index (χ1n) is 12.2. The molecule has 0 saturated heterocycles. The molecule has 0 bridgehead atoms. The summed E-state index contributed by atoms with van der Waals surface area (Å²) >= 11 is 13.5. The number of methoxy groups -OCH3 is 2. The molecule has 0 saturated carbocycles. The Morgan fingerprint density at radius 3 is 2.55 bits per heavy atom.